The van der Waals surface area contributed by atoms with Crippen LogP contribution in [0.25, 0.3) is 0 Å². The summed E-state index contributed by atoms with van der Waals surface area (Å²) in [5.74, 6) is -0.0675. The van der Waals surface area contributed by atoms with E-state index < -0.39 is 0 Å². The number of nitrogens with one attached hydrogen (secondary N) is 2. The molecule has 0 bridgehead atoms. The largest absolute Gasteiger partial charge is 0.375 e. The van der Waals surface area contributed by atoms with Gasteiger partial charge in [0.2, 0.25) is 0 Å². The fraction of sp³-hybridized carbons (Fsp3) is 0.400. The third-order valence-corrected chi connectivity index (χ3v) is 5.48. The first-order valence-corrected chi connectivity index (χ1v) is 9.15. The van der Waals surface area contributed by atoms with E-state index in [0.29, 0.717) is 10.7 Å². The van der Waals surface area contributed by atoms with Gasteiger partial charge in [0.05, 0.1) is 23.9 Å². The second kappa shape index (κ2) is 6.94. The highest BCUT2D eigenvalue weighted by Crippen LogP contribution is 2.51. The van der Waals surface area contributed by atoms with Crippen molar-refractivity contribution < 1.29 is 9.13 Å². The van der Waals surface area contributed by atoms with E-state index >= 15 is 0 Å². The number of halogens is 2. The minimum atomic E-state index is -0.318. The average molecular weight is 361 g/mol. The number of ether oxygens (including phenoxy) is 1. The minimum Gasteiger partial charge on any atom is -0.375 e. The van der Waals surface area contributed by atoms with Crippen LogP contribution in [0.1, 0.15) is 36.1 Å². The first kappa shape index (κ1) is 16.8. The minimum absolute atomic E-state index is 0.0323. The number of benzene rings is 2. The first-order chi connectivity index (χ1) is 12.2. The summed E-state index contributed by atoms with van der Waals surface area (Å²) in [6.07, 6.45) is 2.00. The van der Waals surface area contributed by atoms with Crippen LogP contribution in [0, 0.1) is 11.7 Å². The number of hydrogen-bond donors (Lipinski definition) is 2. The number of hydrogen-bond acceptors (Lipinski definition) is 3. The van der Waals surface area contributed by atoms with E-state index in [1.54, 1.807) is 0 Å². The summed E-state index contributed by atoms with van der Waals surface area (Å²) >= 11 is 6.13. The van der Waals surface area contributed by atoms with E-state index in [1.165, 1.54) is 6.07 Å². The first-order valence-electron chi connectivity index (χ1n) is 8.78. The monoisotopic (exact) mass is 360 g/mol. The van der Waals surface area contributed by atoms with Crippen LogP contribution in [0.5, 0.6) is 0 Å². The van der Waals surface area contributed by atoms with Crippen molar-refractivity contribution in [3.05, 3.63) is 64.4 Å². The van der Waals surface area contributed by atoms with Gasteiger partial charge in [0, 0.05) is 23.0 Å². The van der Waals surface area contributed by atoms with Crippen molar-refractivity contribution >= 4 is 17.3 Å². The lowest BCUT2D eigenvalue weighted by molar-refractivity contribution is -0.0912. The predicted molar refractivity (Wildman–Crippen MR) is 98.5 cm³/mol. The van der Waals surface area contributed by atoms with Gasteiger partial charge in [-0.2, -0.15) is 0 Å². The lowest BCUT2D eigenvalue weighted by Crippen LogP contribution is -2.41. The van der Waals surface area contributed by atoms with Crippen LogP contribution in [0.2, 0.25) is 5.02 Å². The third kappa shape index (κ3) is 3.14. The van der Waals surface area contributed by atoms with E-state index in [-0.39, 0.29) is 30.0 Å². The van der Waals surface area contributed by atoms with Gasteiger partial charge in [-0.05, 0) is 37.6 Å². The lowest BCUT2D eigenvalue weighted by Gasteiger charge is -2.45. The Bertz CT molecular complexity index is 755. The van der Waals surface area contributed by atoms with Gasteiger partial charge in [-0.15, -0.1) is 0 Å². The van der Waals surface area contributed by atoms with Gasteiger partial charge in [0.15, 0.2) is 0 Å². The van der Waals surface area contributed by atoms with Crippen LogP contribution in [-0.2, 0) is 4.74 Å². The summed E-state index contributed by atoms with van der Waals surface area (Å²) in [6, 6.07) is 13.5. The SMILES string of the molecule is CNCC1CCC2C(O1)c1cc(Cl)cc(F)c1N[C@H]2c1ccccc1. The molecule has 0 amide bonds. The van der Waals surface area contributed by atoms with Crippen molar-refractivity contribution in [2.45, 2.75) is 31.1 Å². The van der Waals surface area contributed by atoms with Crippen molar-refractivity contribution in [2.75, 3.05) is 18.9 Å². The van der Waals surface area contributed by atoms with Crippen molar-refractivity contribution in [2.24, 2.45) is 5.92 Å². The van der Waals surface area contributed by atoms with E-state index in [1.807, 2.05) is 31.3 Å². The topological polar surface area (TPSA) is 33.3 Å². The molecular formula is C20H22ClFN2O. The van der Waals surface area contributed by atoms with Gasteiger partial charge < -0.3 is 15.4 Å². The van der Waals surface area contributed by atoms with Gasteiger partial charge in [0.1, 0.15) is 5.82 Å². The summed E-state index contributed by atoms with van der Waals surface area (Å²) in [5.41, 5.74) is 2.51. The molecule has 0 radical (unpaired) electrons. The van der Waals surface area contributed by atoms with Crippen LogP contribution < -0.4 is 10.6 Å². The Morgan fingerprint density at radius 3 is 2.80 bits per heavy atom. The third-order valence-electron chi connectivity index (χ3n) is 5.26. The Hall–Kier alpha value is -1.62. The van der Waals surface area contributed by atoms with Crippen molar-refractivity contribution in [1.82, 2.24) is 5.32 Å². The molecule has 0 saturated carbocycles. The smallest absolute Gasteiger partial charge is 0.148 e. The number of likely N-dealkylation sites (N-methyl/N-ethyl adjacent to an activating group) is 1. The predicted octanol–water partition coefficient (Wildman–Crippen LogP) is 4.70. The molecule has 5 heteroatoms. The van der Waals surface area contributed by atoms with E-state index in [4.69, 9.17) is 16.3 Å². The molecule has 4 atom stereocenters. The molecule has 4 rings (SSSR count). The highest BCUT2D eigenvalue weighted by Gasteiger charge is 2.43. The molecule has 132 valence electrons. The van der Waals surface area contributed by atoms with Gasteiger partial charge in [-0.1, -0.05) is 41.9 Å². The molecular weight excluding hydrogens is 339 g/mol. The zero-order chi connectivity index (χ0) is 17.4. The maximum Gasteiger partial charge on any atom is 0.148 e. The molecule has 2 aliphatic heterocycles. The molecule has 2 aromatic carbocycles. The van der Waals surface area contributed by atoms with Crippen LogP contribution in [0.15, 0.2) is 42.5 Å². The molecule has 0 aromatic heterocycles. The molecule has 25 heavy (non-hydrogen) atoms. The lowest BCUT2D eigenvalue weighted by atomic mass is 9.76. The molecule has 3 nitrogen and oxygen atoms in total. The quantitative estimate of drug-likeness (QED) is 0.832. The van der Waals surface area contributed by atoms with Gasteiger partial charge in [0.25, 0.3) is 0 Å². The fourth-order valence-corrected chi connectivity index (χ4v) is 4.37. The summed E-state index contributed by atoms with van der Waals surface area (Å²) in [7, 11) is 1.93. The molecule has 0 spiro atoms. The number of anilines is 1. The van der Waals surface area contributed by atoms with E-state index in [9.17, 15) is 4.39 Å². The second-order valence-electron chi connectivity index (χ2n) is 6.86. The fourth-order valence-electron chi connectivity index (χ4n) is 4.15. The van der Waals surface area contributed by atoms with Crippen molar-refractivity contribution in [1.29, 1.82) is 0 Å². The molecule has 2 N–H and O–H groups in total. The molecule has 2 aromatic rings. The highest BCUT2D eigenvalue weighted by molar-refractivity contribution is 6.30. The van der Waals surface area contributed by atoms with E-state index in [2.05, 4.69) is 22.8 Å². The second-order valence-corrected chi connectivity index (χ2v) is 7.30. The molecule has 3 unspecified atom stereocenters. The van der Waals surface area contributed by atoms with Crippen molar-refractivity contribution in [3.63, 3.8) is 0 Å². The Kier molecular flexibility index (Phi) is 4.67. The maximum absolute atomic E-state index is 14.6. The molecule has 2 heterocycles. The van der Waals surface area contributed by atoms with E-state index in [0.717, 1.165) is 30.5 Å². The maximum atomic E-state index is 14.6. The summed E-state index contributed by atoms with van der Waals surface area (Å²) in [6.45, 7) is 0.797. The van der Waals surface area contributed by atoms with Gasteiger partial charge >= 0.3 is 0 Å². The Labute approximate surface area is 152 Å². The van der Waals surface area contributed by atoms with Crippen LogP contribution in [0.3, 0.4) is 0 Å². The highest BCUT2D eigenvalue weighted by atomic mass is 35.5. The molecule has 2 aliphatic rings. The summed E-state index contributed by atoms with van der Waals surface area (Å²) in [5, 5.41) is 7.02. The van der Waals surface area contributed by atoms with Crippen LogP contribution >= 0.6 is 11.6 Å². The van der Waals surface area contributed by atoms with Gasteiger partial charge in [-0.3, -0.25) is 0 Å². The zero-order valence-electron chi connectivity index (χ0n) is 14.1. The molecule has 0 aliphatic carbocycles. The zero-order valence-corrected chi connectivity index (χ0v) is 14.9. The molecule has 1 fully saturated rings. The van der Waals surface area contributed by atoms with Crippen molar-refractivity contribution in [3.8, 4) is 0 Å². The summed E-state index contributed by atoms with van der Waals surface area (Å²) < 4.78 is 21.0. The number of rotatable bonds is 3. The number of fused-ring (bicyclic) bond motifs is 3. The normalized spacial score (nSPS) is 28.0. The van der Waals surface area contributed by atoms with Crippen LogP contribution in [-0.4, -0.2) is 19.7 Å². The molecule has 1 saturated heterocycles. The standard InChI is InChI=1S/C20H22ClFN2O/c1-23-11-14-7-8-15-18(12-5-3-2-4-6-12)24-19-16(20(15)25-14)9-13(21)10-17(19)22/h2-6,9-10,14-15,18,20,23-24H,7-8,11H2,1H3/t14?,15?,18-,20?/m0/s1. The average Bonchev–Trinajstić information content (AvgIpc) is 2.62. The van der Waals surface area contributed by atoms with Gasteiger partial charge in [-0.25, -0.2) is 4.39 Å². The Morgan fingerprint density at radius 2 is 2.04 bits per heavy atom. The Balaban J connectivity index is 1.77. The van der Waals surface area contributed by atoms with Crippen LogP contribution in [0.4, 0.5) is 10.1 Å². The summed E-state index contributed by atoms with van der Waals surface area (Å²) in [4.78, 5) is 0. The Morgan fingerprint density at radius 1 is 1.24 bits per heavy atom.